The lowest BCUT2D eigenvalue weighted by atomic mass is 10.2. The van der Waals surface area contributed by atoms with Crippen LogP contribution in [0.4, 0.5) is 0 Å². The number of nitrogens with one attached hydrogen (secondary N) is 1. The Balaban J connectivity index is 1.79. The third kappa shape index (κ3) is 2.77. The van der Waals surface area contributed by atoms with Crippen molar-refractivity contribution in [1.29, 1.82) is 0 Å². The van der Waals surface area contributed by atoms with Crippen LogP contribution in [0.15, 0.2) is 64.7 Å². The molecule has 4 aromatic rings. The summed E-state index contributed by atoms with van der Waals surface area (Å²) in [7, 11) is 1.60. The number of aromatic amines is 1. The van der Waals surface area contributed by atoms with E-state index in [0.717, 1.165) is 11.3 Å². The van der Waals surface area contributed by atoms with Crippen molar-refractivity contribution < 1.29 is 4.74 Å². The van der Waals surface area contributed by atoms with Crippen LogP contribution in [-0.2, 0) is 6.54 Å². The summed E-state index contributed by atoms with van der Waals surface area (Å²) in [6, 6.07) is 12.6. The van der Waals surface area contributed by atoms with Gasteiger partial charge < -0.3 is 4.74 Å². The quantitative estimate of drug-likeness (QED) is 0.600. The topological polar surface area (TPSA) is 94.8 Å². The van der Waals surface area contributed by atoms with Gasteiger partial charge in [0, 0.05) is 0 Å². The fraction of sp³-hybridized carbons (Fsp3) is 0.111. The smallest absolute Gasteiger partial charge is 0.347 e. The van der Waals surface area contributed by atoms with Crippen LogP contribution in [0.3, 0.4) is 0 Å². The maximum absolute atomic E-state index is 12.9. The Hall–Kier alpha value is -3.68. The molecule has 2 aromatic heterocycles. The molecule has 0 unspecified atom stereocenters. The lowest BCUT2D eigenvalue weighted by Crippen LogP contribution is -2.22. The Morgan fingerprint density at radius 3 is 2.77 bits per heavy atom. The number of rotatable bonds is 4. The lowest BCUT2D eigenvalue weighted by Gasteiger charge is -2.09. The summed E-state index contributed by atoms with van der Waals surface area (Å²) >= 11 is 0. The minimum absolute atomic E-state index is 0.184. The Labute approximate surface area is 147 Å². The van der Waals surface area contributed by atoms with Gasteiger partial charge in [0.05, 0.1) is 36.6 Å². The molecular formula is C18H15N5O3. The highest BCUT2D eigenvalue weighted by Crippen LogP contribution is 2.15. The largest absolute Gasteiger partial charge is 0.497 e. The van der Waals surface area contributed by atoms with Crippen molar-refractivity contribution in [3.8, 4) is 11.4 Å². The summed E-state index contributed by atoms with van der Waals surface area (Å²) in [5, 5.41) is 6.47. The van der Waals surface area contributed by atoms with E-state index in [2.05, 4.69) is 15.2 Å². The summed E-state index contributed by atoms with van der Waals surface area (Å²) in [5.74, 6) is 0.728. The molecule has 1 N–H and O–H groups in total. The highest BCUT2D eigenvalue weighted by molar-refractivity contribution is 5.79. The van der Waals surface area contributed by atoms with Gasteiger partial charge in [0.25, 0.3) is 5.56 Å². The van der Waals surface area contributed by atoms with Crippen molar-refractivity contribution in [1.82, 2.24) is 24.3 Å². The zero-order valence-corrected chi connectivity index (χ0v) is 13.9. The predicted octanol–water partition coefficient (Wildman–Crippen LogP) is 1.33. The molecule has 0 aliphatic rings. The molecule has 0 atom stereocenters. The van der Waals surface area contributed by atoms with Crippen molar-refractivity contribution in [3.63, 3.8) is 0 Å². The zero-order chi connectivity index (χ0) is 18.1. The van der Waals surface area contributed by atoms with Crippen molar-refractivity contribution in [2.45, 2.75) is 6.54 Å². The molecule has 0 amide bonds. The lowest BCUT2D eigenvalue weighted by molar-refractivity contribution is 0.414. The van der Waals surface area contributed by atoms with E-state index in [4.69, 9.17) is 4.74 Å². The highest BCUT2D eigenvalue weighted by atomic mass is 16.5. The number of aromatic nitrogens is 5. The Morgan fingerprint density at radius 1 is 1.12 bits per heavy atom. The van der Waals surface area contributed by atoms with Crippen LogP contribution in [0.1, 0.15) is 5.56 Å². The molecule has 26 heavy (non-hydrogen) atoms. The number of hydrogen-bond donors (Lipinski definition) is 1. The van der Waals surface area contributed by atoms with Gasteiger partial charge in [-0.1, -0.05) is 12.1 Å². The minimum Gasteiger partial charge on any atom is -0.497 e. The molecule has 0 saturated carbocycles. The van der Waals surface area contributed by atoms with Crippen LogP contribution < -0.4 is 16.0 Å². The van der Waals surface area contributed by atoms with Crippen LogP contribution in [0.2, 0.25) is 0 Å². The molecule has 0 saturated heterocycles. The summed E-state index contributed by atoms with van der Waals surface area (Å²) < 4.78 is 8.08. The highest BCUT2D eigenvalue weighted by Gasteiger charge is 2.08. The van der Waals surface area contributed by atoms with Crippen LogP contribution in [0, 0.1) is 0 Å². The van der Waals surface area contributed by atoms with Gasteiger partial charge in [-0.3, -0.25) is 9.36 Å². The van der Waals surface area contributed by atoms with Crippen LogP contribution in [0.25, 0.3) is 16.6 Å². The summed E-state index contributed by atoms with van der Waals surface area (Å²) in [6.07, 6.45) is 2.89. The zero-order valence-electron chi connectivity index (χ0n) is 13.9. The maximum atomic E-state index is 12.9. The molecule has 0 bridgehead atoms. The van der Waals surface area contributed by atoms with E-state index in [1.54, 1.807) is 25.3 Å². The second-order valence-electron chi connectivity index (χ2n) is 5.76. The van der Waals surface area contributed by atoms with E-state index in [9.17, 15) is 9.59 Å². The van der Waals surface area contributed by atoms with Crippen LogP contribution in [-0.4, -0.2) is 31.4 Å². The van der Waals surface area contributed by atoms with E-state index in [1.165, 1.54) is 21.8 Å². The molecule has 2 heterocycles. The van der Waals surface area contributed by atoms with Crippen molar-refractivity contribution >= 4 is 10.9 Å². The molecule has 0 fully saturated rings. The standard InChI is InChI=1S/C18H15N5O3/c1-26-14-4-2-3-12(7-14)9-22-10-19-16-6-5-13(8-15(16)17(22)24)23-11-20-21-18(23)25/h2-8,10-11H,9H2,1H3,(H,21,25). The fourth-order valence-corrected chi connectivity index (χ4v) is 2.81. The molecule has 8 nitrogen and oxygen atoms in total. The van der Waals surface area contributed by atoms with Gasteiger partial charge in [0.15, 0.2) is 0 Å². The molecular weight excluding hydrogens is 334 g/mol. The number of nitrogens with zero attached hydrogens (tertiary/aromatic N) is 4. The third-order valence-corrected chi connectivity index (χ3v) is 4.13. The number of methoxy groups -OCH3 is 1. The van der Waals surface area contributed by atoms with Crippen LogP contribution >= 0.6 is 0 Å². The van der Waals surface area contributed by atoms with Crippen molar-refractivity contribution in [2.75, 3.05) is 7.11 Å². The van der Waals surface area contributed by atoms with Crippen molar-refractivity contribution in [3.05, 3.63) is 81.5 Å². The van der Waals surface area contributed by atoms with Gasteiger partial charge in [-0.15, -0.1) is 0 Å². The molecule has 0 aliphatic carbocycles. The van der Waals surface area contributed by atoms with E-state index >= 15 is 0 Å². The van der Waals surface area contributed by atoms with Crippen molar-refractivity contribution in [2.24, 2.45) is 0 Å². The Bertz CT molecular complexity index is 1210. The van der Waals surface area contributed by atoms with Gasteiger partial charge in [-0.2, -0.15) is 5.10 Å². The second kappa shape index (κ2) is 6.32. The minimum atomic E-state index is -0.370. The first kappa shape index (κ1) is 15.8. The average molecular weight is 349 g/mol. The van der Waals surface area contributed by atoms with E-state index in [-0.39, 0.29) is 11.2 Å². The summed E-state index contributed by atoms with van der Waals surface area (Å²) in [5.41, 5.74) is 1.49. The van der Waals surface area contributed by atoms with Gasteiger partial charge in [0.2, 0.25) is 0 Å². The average Bonchev–Trinajstić information content (AvgIpc) is 3.10. The number of benzene rings is 2. The van der Waals surface area contributed by atoms with E-state index in [1.807, 2.05) is 24.3 Å². The fourth-order valence-electron chi connectivity index (χ4n) is 2.81. The Kier molecular flexibility index (Phi) is 3.85. The van der Waals surface area contributed by atoms with Gasteiger partial charge in [-0.25, -0.2) is 19.4 Å². The molecule has 8 heteroatoms. The SMILES string of the molecule is COc1cccc(Cn2cnc3ccc(-n4cn[nH]c4=O)cc3c2=O)c1. The van der Waals surface area contributed by atoms with Gasteiger partial charge >= 0.3 is 5.69 Å². The first-order valence-electron chi connectivity index (χ1n) is 7.90. The predicted molar refractivity (Wildman–Crippen MR) is 95.8 cm³/mol. The molecule has 4 rings (SSSR count). The number of hydrogen-bond acceptors (Lipinski definition) is 5. The number of fused-ring (bicyclic) bond motifs is 1. The summed E-state index contributed by atoms with van der Waals surface area (Å²) in [6.45, 7) is 0.370. The summed E-state index contributed by atoms with van der Waals surface area (Å²) in [4.78, 5) is 29.0. The molecule has 0 radical (unpaired) electrons. The van der Waals surface area contributed by atoms with Gasteiger partial charge in [0.1, 0.15) is 12.1 Å². The van der Waals surface area contributed by atoms with E-state index < -0.39 is 0 Å². The first-order valence-corrected chi connectivity index (χ1v) is 7.90. The number of ether oxygens (including phenoxy) is 1. The second-order valence-corrected chi connectivity index (χ2v) is 5.76. The molecule has 130 valence electrons. The molecule has 2 aromatic carbocycles. The Morgan fingerprint density at radius 2 is 2.00 bits per heavy atom. The number of H-pyrrole nitrogens is 1. The monoisotopic (exact) mass is 349 g/mol. The molecule has 0 aliphatic heterocycles. The first-order chi connectivity index (χ1) is 12.7. The normalized spacial score (nSPS) is 11.0. The third-order valence-electron chi connectivity index (χ3n) is 4.13. The maximum Gasteiger partial charge on any atom is 0.347 e. The van der Waals surface area contributed by atoms with E-state index in [0.29, 0.717) is 23.1 Å². The van der Waals surface area contributed by atoms with Gasteiger partial charge in [-0.05, 0) is 35.9 Å². The molecule has 0 spiro atoms. The van der Waals surface area contributed by atoms with Crippen LogP contribution in [0.5, 0.6) is 5.75 Å².